The molecule has 2 heterocycles. The summed E-state index contributed by atoms with van der Waals surface area (Å²) in [5, 5.41) is 0. The molecule has 9 nitrogen and oxygen atoms in total. The Morgan fingerprint density at radius 2 is 1.58 bits per heavy atom. The molecule has 1 saturated heterocycles. The van der Waals surface area contributed by atoms with Crippen molar-refractivity contribution in [2.24, 2.45) is 11.8 Å². The Balaban J connectivity index is 1.60. The van der Waals surface area contributed by atoms with Crippen molar-refractivity contribution in [1.29, 1.82) is 0 Å². The molecule has 1 amide bonds. The number of fused-ring (bicyclic) bond motifs is 1. The zero-order valence-electron chi connectivity index (χ0n) is 26.1. The largest absolute Gasteiger partial charge is 0.497 e. The molecule has 1 unspecified atom stereocenters. The maximum absolute atomic E-state index is 13.7. The van der Waals surface area contributed by atoms with Gasteiger partial charge in [0.2, 0.25) is 5.91 Å². The smallest absolute Gasteiger partial charge is 0.355 e. The third kappa shape index (κ3) is 6.59. The van der Waals surface area contributed by atoms with Gasteiger partial charge in [0.05, 0.1) is 36.7 Å². The first kappa shape index (κ1) is 32.9. The van der Waals surface area contributed by atoms with E-state index in [-0.39, 0.29) is 47.8 Å². The lowest BCUT2D eigenvalue weighted by Gasteiger charge is -2.49. The van der Waals surface area contributed by atoms with Crippen LogP contribution in [0, 0.1) is 18.8 Å². The predicted octanol–water partition coefficient (Wildman–Crippen LogP) is 5.59. The number of nitrogens with zero attached hydrogens (tertiary/aromatic N) is 1. The van der Waals surface area contributed by atoms with Crippen LogP contribution in [0.1, 0.15) is 45.7 Å². The number of carbonyl (C=O) groups excluding carboxylic acids is 2. The summed E-state index contributed by atoms with van der Waals surface area (Å²) in [6, 6.07) is 16.0. The normalized spacial score (nSPS) is 21.0. The van der Waals surface area contributed by atoms with E-state index >= 15 is 0 Å². The van der Waals surface area contributed by atoms with Gasteiger partial charge in [-0.25, -0.2) is 4.79 Å². The molecule has 11 heteroatoms. The van der Waals surface area contributed by atoms with E-state index in [1.165, 1.54) is 17.0 Å². The topological polar surface area (TPSA) is 108 Å². The first-order valence-corrected chi connectivity index (χ1v) is 18.9. The minimum Gasteiger partial charge on any atom is -0.497 e. The van der Waals surface area contributed by atoms with E-state index < -0.39 is 30.3 Å². The molecule has 0 aromatic heterocycles. The predicted molar refractivity (Wildman–Crippen MR) is 165 cm³/mol. The molecule has 2 aromatic carbocycles. The number of β-lactam (4-membered cyclic amide) rings is 1. The minimum atomic E-state index is -4.11. The SMILES string of the molecule is CC[Si](CC)(CC)OC(C)[C@H]1C(=O)N2C(C(=O)OCc3ccc(OC)cc3)=C(COS(=O)(=O)c3ccc(C)cc3)[C@H](C)[C@H]12. The summed E-state index contributed by atoms with van der Waals surface area (Å²) >= 11 is 0. The fraction of sp³-hybridized carbons (Fsp3) is 0.500. The number of amides is 1. The van der Waals surface area contributed by atoms with E-state index in [4.69, 9.17) is 18.1 Å². The lowest BCUT2D eigenvalue weighted by molar-refractivity contribution is -0.163. The molecule has 0 aliphatic carbocycles. The number of hydrogen-bond donors (Lipinski definition) is 0. The Kier molecular flexibility index (Phi) is 10.2. The van der Waals surface area contributed by atoms with E-state index in [0.717, 1.165) is 29.3 Å². The number of benzene rings is 2. The fourth-order valence-electron chi connectivity index (χ4n) is 6.13. The lowest BCUT2D eigenvalue weighted by Crippen LogP contribution is -2.65. The van der Waals surface area contributed by atoms with Gasteiger partial charge in [0, 0.05) is 5.92 Å². The third-order valence-corrected chi connectivity index (χ3v) is 15.1. The van der Waals surface area contributed by atoms with E-state index in [1.807, 2.05) is 20.8 Å². The first-order valence-electron chi connectivity index (χ1n) is 14.9. The van der Waals surface area contributed by atoms with E-state index in [9.17, 15) is 18.0 Å². The highest BCUT2D eigenvalue weighted by Crippen LogP contribution is 2.48. The van der Waals surface area contributed by atoms with Crippen molar-refractivity contribution in [2.45, 2.75) is 83.3 Å². The van der Waals surface area contributed by atoms with Crippen molar-refractivity contribution in [3.05, 3.63) is 70.9 Å². The Morgan fingerprint density at radius 3 is 2.14 bits per heavy atom. The van der Waals surface area contributed by atoms with Crippen LogP contribution in [0.4, 0.5) is 0 Å². The van der Waals surface area contributed by atoms with Gasteiger partial charge in [-0.05, 0) is 67.4 Å². The molecule has 0 saturated carbocycles. The van der Waals surface area contributed by atoms with Crippen molar-refractivity contribution >= 4 is 30.3 Å². The molecule has 4 rings (SSSR count). The molecule has 2 aliphatic rings. The summed E-state index contributed by atoms with van der Waals surface area (Å²) in [6.07, 6.45) is -0.337. The molecule has 0 N–H and O–H groups in total. The summed E-state index contributed by atoms with van der Waals surface area (Å²) < 4.78 is 49.1. The number of esters is 1. The number of hydrogen-bond acceptors (Lipinski definition) is 8. The number of rotatable bonds is 14. The average molecular weight is 630 g/mol. The highest BCUT2D eigenvalue weighted by molar-refractivity contribution is 7.86. The Morgan fingerprint density at radius 1 is 0.977 bits per heavy atom. The molecule has 4 atom stereocenters. The Hall–Kier alpha value is -2.99. The van der Waals surface area contributed by atoms with Crippen LogP contribution in [0.2, 0.25) is 18.1 Å². The lowest BCUT2D eigenvalue weighted by atomic mass is 9.78. The summed E-state index contributed by atoms with van der Waals surface area (Å²) in [6.45, 7) is 11.7. The fourth-order valence-corrected chi connectivity index (χ4v) is 9.95. The minimum absolute atomic E-state index is 0.0206. The van der Waals surface area contributed by atoms with Crippen LogP contribution >= 0.6 is 0 Å². The zero-order chi connectivity index (χ0) is 31.5. The third-order valence-electron chi connectivity index (χ3n) is 9.07. The molecule has 234 valence electrons. The van der Waals surface area contributed by atoms with Crippen LogP contribution in [-0.2, 0) is 39.7 Å². The van der Waals surface area contributed by atoms with Gasteiger partial charge in [-0.1, -0.05) is 57.5 Å². The molecule has 0 radical (unpaired) electrons. The van der Waals surface area contributed by atoms with Crippen LogP contribution in [0.15, 0.2) is 64.7 Å². The Labute approximate surface area is 256 Å². The van der Waals surface area contributed by atoms with Crippen LogP contribution in [0.25, 0.3) is 0 Å². The summed E-state index contributed by atoms with van der Waals surface area (Å²) in [5.74, 6) is -1.04. The number of ether oxygens (including phenoxy) is 2. The maximum Gasteiger partial charge on any atom is 0.355 e. The Bertz CT molecular complexity index is 1440. The summed E-state index contributed by atoms with van der Waals surface area (Å²) in [7, 11) is -4.55. The highest BCUT2D eigenvalue weighted by Gasteiger charge is 2.61. The molecule has 1 fully saturated rings. The quantitative estimate of drug-likeness (QED) is 0.115. The van der Waals surface area contributed by atoms with E-state index in [0.29, 0.717) is 11.3 Å². The van der Waals surface area contributed by atoms with Gasteiger partial charge in [-0.15, -0.1) is 0 Å². The van der Waals surface area contributed by atoms with Gasteiger partial charge in [-0.3, -0.25) is 8.98 Å². The van der Waals surface area contributed by atoms with Crippen molar-refractivity contribution in [3.63, 3.8) is 0 Å². The van der Waals surface area contributed by atoms with Crippen molar-refractivity contribution < 1.29 is 36.1 Å². The monoisotopic (exact) mass is 629 g/mol. The second-order valence-electron chi connectivity index (χ2n) is 11.4. The van der Waals surface area contributed by atoms with E-state index in [2.05, 4.69) is 20.8 Å². The molecular weight excluding hydrogens is 587 g/mol. The molecule has 0 bridgehead atoms. The van der Waals surface area contributed by atoms with Crippen LogP contribution < -0.4 is 4.74 Å². The van der Waals surface area contributed by atoms with Gasteiger partial charge in [0.15, 0.2) is 8.32 Å². The van der Waals surface area contributed by atoms with Crippen molar-refractivity contribution in [1.82, 2.24) is 4.90 Å². The standard InChI is InChI=1S/C32H43NO8SSi/c1-8-43(9-2,10-3)41-23(6)28-29-22(5)27(20-40-42(36,37)26-17-11-21(4)12-18-26)30(33(29)31(28)34)32(35)39-19-24-13-15-25(38-7)16-14-24/h11-18,22-23,28-29H,8-10,19-20H2,1-7H3/t22-,23?,28+,29+/m0/s1. The highest BCUT2D eigenvalue weighted by atomic mass is 32.2. The zero-order valence-corrected chi connectivity index (χ0v) is 27.9. The molecular formula is C32H43NO8SSi. The molecule has 43 heavy (non-hydrogen) atoms. The second-order valence-corrected chi connectivity index (χ2v) is 17.7. The van der Waals surface area contributed by atoms with Gasteiger partial charge < -0.3 is 18.8 Å². The van der Waals surface area contributed by atoms with Gasteiger partial charge in [-0.2, -0.15) is 8.42 Å². The van der Waals surface area contributed by atoms with E-state index in [1.54, 1.807) is 43.5 Å². The molecule has 2 aliphatic heterocycles. The average Bonchev–Trinajstić information content (AvgIpc) is 3.25. The van der Waals surface area contributed by atoms with Gasteiger partial charge in [0.1, 0.15) is 18.1 Å². The van der Waals surface area contributed by atoms with Gasteiger partial charge >= 0.3 is 5.97 Å². The first-order chi connectivity index (χ1) is 20.4. The summed E-state index contributed by atoms with van der Waals surface area (Å²) in [4.78, 5) is 28.8. The van der Waals surface area contributed by atoms with Crippen molar-refractivity contribution in [2.75, 3.05) is 13.7 Å². The second kappa shape index (κ2) is 13.3. The van der Waals surface area contributed by atoms with Gasteiger partial charge in [0.25, 0.3) is 10.1 Å². The number of carbonyl (C=O) groups is 2. The molecule has 0 spiro atoms. The number of aryl methyl sites for hydroxylation is 1. The van der Waals surface area contributed by atoms with Crippen LogP contribution in [0.5, 0.6) is 5.75 Å². The molecule has 2 aromatic rings. The van der Waals surface area contributed by atoms with Crippen molar-refractivity contribution in [3.8, 4) is 5.75 Å². The van der Waals surface area contributed by atoms with Crippen LogP contribution in [0.3, 0.4) is 0 Å². The summed E-state index contributed by atoms with van der Waals surface area (Å²) in [5.41, 5.74) is 2.14. The number of methoxy groups -OCH3 is 1. The van der Waals surface area contributed by atoms with Crippen LogP contribution in [-0.4, -0.2) is 59.4 Å². The maximum atomic E-state index is 13.7.